The lowest BCUT2D eigenvalue weighted by atomic mass is 10.0. The predicted molar refractivity (Wildman–Crippen MR) is 35.7 cm³/mol. The molecule has 0 rings (SSSR count). The van der Waals surface area contributed by atoms with Gasteiger partial charge in [-0.25, -0.2) is 4.79 Å². The SMILES string of the molecule is O=C(O)C(=O)[C@@H](O)[C@H](O)[C@@H](O)C(=O)[O-]. The summed E-state index contributed by atoms with van der Waals surface area (Å²) in [4.78, 5) is 30.4. The van der Waals surface area contributed by atoms with Crippen molar-refractivity contribution in [3.8, 4) is 0 Å². The summed E-state index contributed by atoms with van der Waals surface area (Å²) in [5.74, 6) is -6.00. The lowest BCUT2D eigenvalue weighted by Gasteiger charge is -2.21. The first kappa shape index (κ1) is 12.5. The van der Waals surface area contributed by atoms with Crippen molar-refractivity contribution >= 4 is 17.7 Å². The third-order valence-electron chi connectivity index (χ3n) is 1.37. The number of aliphatic hydroxyl groups excluding tert-OH is 3. The molecule has 4 N–H and O–H groups in total. The van der Waals surface area contributed by atoms with Crippen LogP contribution in [0.4, 0.5) is 0 Å². The quantitative estimate of drug-likeness (QED) is 0.328. The van der Waals surface area contributed by atoms with Crippen molar-refractivity contribution in [2.45, 2.75) is 18.3 Å². The lowest BCUT2D eigenvalue weighted by Crippen LogP contribution is -2.51. The van der Waals surface area contributed by atoms with Gasteiger partial charge in [-0.2, -0.15) is 0 Å². The zero-order valence-electron chi connectivity index (χ0n) is 6.65. The summed E-state index contributed by atoms with van der Waals surface area (Å²) in [5.41, 5.74) is 0. The average molecular weight is 207 g/mol. The van der Waals surface area contributed by atoms with Crippen LogP contribution in [0.3, 0.4) is 0 Å². The molecule has 0 aliphatic rings. The lowest BCUT2D eigenvalue weighted by molar-refractivity contribution is -0.319. The van der Waals surface area contributed by atoms with Gasteiger partial charge in [0.1, 0.15) is 12.2 Å². The highest BCUT2D eigenvalue weighted by molar-refractivity contribution is 6.34. The maximum Gasteiger partial charge on any atom is 0.375 e. The van der Waals surface area contributed by atoms with E-state index in [0.29, 0.717) is 0 Å². The van der Waals surface area contributed by atoms with Crippen LogP contribution in [0.25, 0.3) is 0 Å². The number of carbonyl (C=O) groups is 3. The molecule has 0 fully saturated rings. The monoisotopic (exact) mass is 207 g/mol. The van der Waals surface area contributed by atoms with Crippen molar-refractivity contribution in [3.05, 3.63) is 0 Å². The fourth-order valence-electron chi connectivity index (χ4n) is 0.594. The Morgan fingerprint density at radius 1 is 1.00 bits per heavy atom. The molecule has 0 aromatic heterocycles. The molecule has 0 spiro atoms. The Balaban J connectivity index is 4.54. The van der Waals surface area contributed by atoms with Crippen molar-refractivity contribution in [1.82, 2.24) is 0 Å². The highest BCUT2D eigenvalue weighted by atomic mass is 16.4. The maximum atomic E-state index is 10.5. The minimum Gasteiger partial charge on any atom is -0.547 e. The second kappa shape index (κ2) is 4.65. The number of hydrogen-bond donors (Lipinski definition) is 4. The van der Waals surface area contributed by atoms with Crippen LogP contribution in [-0.2, 0) is 14.4 Å². The Labute approximate surface area is 77.0 Å². The van der Waals surface area contributed by atoms with Crippen molar-refractivity contribution in [1.29, 1.82) is 0 Å². The molecule has 8 heteroatoms. The van der Waals surface area contributed by atoms with E-state index in [2.05, 4.69) is 0 Å². The highest BCUT2D eigenvalue weighted by Gasteiger charge is 2.34. The summed E-state index contributed by atoms with van der Waals surface area (Å²) < 4.78 is 0. The number of carboxylic acids is 2. The number of aliphatic carboxylic acids is 2. The smallest absolute Gasteiger partial charge is 0.375 e. The van der Waals surface area contributed by atoms with E-state index in [9.17, 15) is 19.5 Å². The van der Waals surface area contributed by atoms with E-state index in [0.717, 1.165) is 0 Å². The zero-order valence-corrected chi connectivity index (χ0v) is 6.65. The number of Topliss-reactive ketones (excluding diaryl/α,β-unsaturated/α-hetero) is 1. The van der Waals surface area contributed by atoms with E-state index >= 15 is 0 Å². The molecule has 0 aromatic rings. The Kier molecular flexibility index (Phi) is 4.15. The van der Waals surface area contributed by atoms with Crippen molar-refractivity contribution in [3.63, 3.8) is 0 Å². The van der Waals surface area contributed by atoms with Gasteiger partial charge in [-0.1, -0.05) is 0 Å². The van der Waals surface area contributed by atoms with Gasteiger partial charge < -0.3 is 30.3 Å². The summed E-state index contributed by atoms with van der Waals surface area (Å²) >= 11 is 0. The van der Waals surface area contributed by atoms with Gasteiger partial charge in [-0.15, -0.1) is 0 Å². The molecule has 14 heavy (non-hydrogen) atoms. The van der Waals surface area contributed by atoms with Gasteiger partial charge in [-0.05, 0) is 0 Å². The molecule has 8 nitrogen and oxygen atoms in total. The molecule has 0 saturated carbocycles. The normalized spacial score (nSPS) is 16.8. The van der Waals surface area contributed by atoms with Gasteiger partial charge >= 0.3 is 5.97 Å². The average Bonchev–Trinajstić information content (AvgIpc) is 2.12. The Morgan fingerprint density at radius 3 is 1.71 bits per heavy atom. The molecule has 0 amide bonds. The summed E-state index contributed by atoms with van der Waals surface area (Å²) in [6.07, 6.45) is -7.49. The predicted octanol–water partition coefficient (Wildman–Crippen LogP) is -4.53. The van der Waals surface area contributed by atoms with Gasteiger partial charge in [0, 0.05) is 0 Å². The largest absolute Gasteiger partial charge is 0.547 e. The molecular weight excluding hydrogens is 200 g/mol. The van der Waals surface area contributed by atoms with E-state index in [4.69, 9.17) is 20.4 Å². The standard InChI is InChI=1S/C6H8O8/c7-1(3(9)5(11)12)2(8)4(10)6(13)14/h1-3,7-9H,(H,11,12)(H,13,14)/p-1/t1-,2-,3+/m0/s1. The van der Waals surface area contributed by atoms with E-state index in [1.54, 1.807) is 0 Å². The van der Waals surface area contributed by atoms with Crippen LogP contribution in [0, 0.1) is 0 Å². The van der Waals surface area contributed by atoms with Crippen LogP contribution in [0.2, 0.25) is 0 Å². The van der Waals surface area contributed by atoms with Gasteiger partial charge in [-0.3, -0.25) is 4.79 Å². The maximum absolute atomic E-state index is 10.5. The second-order valence-corrected chi connectivity index (χ2v) is 2.37. The van der Waals surface area contributed by atoms with Crippen molar-refractivity contribution < 1.29 is 39.9 Å². The highest BCUT2D eigenvalue weighted by Crippen LogP contribution is 2.01. The van der Waals surface area contributed by atoms with Crippen LogP contribution in [0.1, 0.15) is 0 Å². The Hall–Kier alpha value is -1.51. The summed E-state index contributed by atoms with van der Waals surface area (Å²) in [6.45, 7) is 0. The summed E-state index contributed by atoms with van der Waals surface area (Å²) in [6, 6.07) is 0. The number of hydrogen-bond acceptors (Lipinski definition) is 7. The van der Waals surface area contributed by atoms with Crippen molar-refractivity contribution in [2.24, 2.45) is 0 Å². The Morgan fingerprint density at radius 2 is 1.43 bits per heavy atom. The topological polar surface area (TPSA) is 155 Å². The minimum atomic E-state index is -2.53. The fraction of sp³-hybridized carbons (Fsp3) is 0.500. The van der Waals surface area contributed by atoms with E-state index in [1.165, 1.54) is 0 Å². The molecule has 3 atom stereocenters. The number of ketones is 1. The first-order valence-corrected chi connectivity index (χ1v) is 3.31. The molecule has 0 radical (unpaired) electrons. The van der Waals surface area contributed by atoms with Crippen molar-refractivity contribution in [2.75, 3.05) is 0 Å². The number of aliphatic hydroxyl groups is 3. The van der Waals surface area contributed by atoms with Crippen LogP contribution in [0.5, 0.6) is 0 Å². The third kappa shape index (κ3) is 2.76. The van der Waals surface area contributed by atoms with Gasteiger partial charge in [0.25, 0.3) is 5.78 Å². The van der Waals surface area contributed by atoms with Gasteiger partial charge in [0.05, 0.1) is 5.97 Å². The molecular formula is C6H7O8-. The van der Waals surface area contributed by atoms with E-state index in [1.807, 2.05) is 0 Å². The molecule has 80 valence electrons. The number of rotatable bonds is 5. The molecule has 0 unspecified atom stereocenters. The fourth-order valence-corrected chi connectivity index (χ4v) is 0.594. The van der Waals surface area contributed by atoms with Crippen LogP contribution < -0.4 is 5.11 Å². The summed E-state index contributed by atoms with van der Waals surface area (Å²) in [5, 5.41) is 44.1. The van der Waals surface area contributed by atoms with Crippen LogP contribution >= 0.6 is 0 Å². The molecule has 0 aliphatic carbocycles. The zero-order chi connectivity index (χ0) is 11.5. The second-order valence-electron chi connectivity index (χ2n) is 2.37. The van der Waals surface area contributed by atoms with Crippen LogP contribution in [0.15, 0.2) is 0 Å². The van der Waals surface area contributed by atoms with E-state index in [-0.39, 0.29) is 0 Å². The first-order valence-electron chi connectivity index (χ1n) is 3.31. The third-order valence-corrected chi connectivity index (χ3v) is 1.37. The summed E-state index contributed by atoms with van der Waals surface area (Å²) in [7, 11) is 0. The first-order chi connectivity index (χ1) is 6.29. The van der Waals surface area contributed by atoms with Gasteiger partial charge in [0.2, 0.25) is 0 Å². The minimum absolute atomic E-state index is 1.82. The molecule has 0 heterocycles. The van der Waals surface area contributed by atoms with Crippen LogP contribution in [-0.4, -0.2) is 56.5 Å². The molecule has 0 saturated heterocycles. The van der Waals surface area contributed by atoms with Gasteiger partial charge in [0.15, 0.2) is 6.10 Å². The molecule has 0 aromatic carbocycles. The van der Waals surface area contributed by atoms with E-state index < -0.39 is 36.0 Å². The Bertz CT molecular complexity index is 259. The molecule has 0 bridgehead atoms. The number of carbonyl (C=O) groups excluding carboxylic acids is 2. The number of carboxylic acid groups (broad SMARTS) is 2. The molecule has 0 aliphatic heterocycles.